The van der Waals surface area contributed by atoms with Gasteiger partial charge in [0.15, 0.2) is 0 Å². The molecule has 0 bridgehead atoms. The number of amides is 2. The first-order valence-electron chi connectivity index (χ1n) is 6.43. The van der Waals surface area contributed by atoms with E-state index in [2.05, 4.69) is 4.98 Å². The Hall–Kier alpha value is -1.83. The van der Waals surface area contributed by atoms with Crippen molar-refractivity contribution >= 4 is 23.3 Å². The number of piperazine rings is 1. The lowest BCUT2D eigenvalue weighted by atomic mass is 10.3. The molecule has 1 fully saturated rings. The smallest absolute Gasteiger partial charge is 0.409 e. The summed E-state index contributed by atoms with van der Waals surface area (Å²) in [4.78, 5) is 41.1. The van der Waals surface area contributed by atoms with Crippen LogP contribution in [-0.4, -0.2) is 59.6 Å². The van der Waals surface area contributed by atoms with Gasteiger partial charge in [-0.05, 0) is 13.8 Å². The highest BCUT2D eigenvalue weighted by Crippen LogP contribution is 2.14. The van der Waals surface area contributed by atoms with Gasteiger partial charge < -0.3 is 19.5 Å². The molecule has 0 unspecified atom stereocenters. The normalized spacial score (nSPS) is 15.3. The largest absolute Gasteiger partial charge is 0.450 e. The van der Waals surface area contributed by atoms with Crippen molar-refractivity contribution in [3.63, 3.8) is 0 Å². The van der Waals surface area contributed by atoms with Gasteiger partial charge in [0, 0.05) is 31.9 Å². The third-order valence-corrected chi connectivity index (χ3v) is 4.08. The van der Waals surface area contributed by atoms with Crippen LogP contribution in [0.2, 0.25) is 0 Å². The third kappa shape index (κ3) is 3.01. The maximum atomic E-state index is 12.3. The van der Waals surface area contributed by atoms with E-state index in [1.165, 1.54) is 0 Å². The van der Waals surface area contributed by atoms with Gasteiger partial charge in [-0.25, -0.2) is 4.79 Å². The number of ether oxygens (including phenoxy) is 1. The monoisotopic (exact) mass is 299 g/mol. The number of thiazole rings is 1. The SMILES string of the molecule is CCOC(=O)N1CCN(C(=O)c2sc(=O)[nH]c2C)CC1. The van der Waals surface area contributed by atoms with Gasteiger partial charge in [-0.2, -0.15) is 0 Å². The topological polar surface area (TPSA) is 82.7 Å². The molecule has 0 saturated carbocycles. The van der Waals surface area contributed by atoms with Crippen molar-refractivity contribution in [2.24, 2.45) is 0 Å². The van der Waals surface area contributed by atoms with E-state index in [1.54, 1.807) is 23.6 Å². The number of nitrogens with one attached hydrogen (secondary N) is 1. The zero-order valence-corrected chi connectivity index (χ0v) is 12.3. The Labute approximate surface area is 120 Å². The molecule has 1 saturated heterocycles. The van der Waals surface area contributed by atoms with E-state index in [9.17, 15) is 14.4 Å². The first-order valence-corrected chi connectivity index (χ1v) is 7.25. The van der Waals surface area contributed by atoms with Crippen LogP contribution in [-0.2, 0) is 4.74 Å². The molecule has 110 valence electrons. The average Bonchev–Trinajstić information content (AvgIpc) is 2.77. The number of rotatable bonds is 2. The van der Waals surface area contributed by atoms with Crippen LogP contribution in [0.5, 0.6) is 0 Å². The van der Waals surface area contributed by atoms with Gasteiger partial charge in [-0.15, -0.1) is 0 Å². The van der Waals surface area contributed by atoms with Crippen LogP contribution in [0.1, 0.15) is 22.3 Å². The number of hydrogen-bond acceptors (Lipinski definition) is 5. The van der Waals surface area contributed by atoms with Gasteiger partial charge >= 0.3 is 11.0 Å². The predicted molar refractivity (Wildman–Crippen MR) is 74.2 cm³/mol. The minimum Gasteiger partial charge on any atom is -0.450 e. The fourth-order valence-corrected chi connectivity index (χ4v) is 2.87. The Morgan fingerprint density at radius 3 is 2.35 bits per heavy atom. The lowest BCUT2D eigenvalue weighted by molar-refractivity contribution is 0.0573. The van der Waals surface area contributed by atoms with Gasteiger partial charge in [0.1, 0.15) is 4.88 Å². The van der Waals surface area contributed by atoms with E-state index < -0.39 is 0 Å². The number of aromatic amines is 1. The summed E-state index contributed by atoms with van der Waals surface area (Å²) in [5.41, 5.74) is 0.595. The summed E-state index contributed by atoms with van der Waals surface area (Å²) in [5.74, 6) is -0.158. The van der Waals surface area contributed by atoms with Crippen LogP contribution in [0.4, 0.5) is 4.79 Å². The zero-order chi connectivity index (χ0) is 14.7. The highest BCUT2D eigenvalue weighted by molar-refractivity contribution is 7.11. The average molecular weight is 299 g/mol. The van der Waals surface area contributed by atoms with E-state index in [0.29, 0.717) is 43.4 Å². The second-order valence-corrected chi connectivity index (χ2v) is 5.43. The maximum Gasteiger partial charge on any atom is 0.409 e. The van der Waals surface area contributed by atoms with Crippen molar-refractivity contribution in [2.75, 3.05) is 32.8 Å². The minimum absolute atomic E-state index is 0.158. The highest BCUT2D eigenvalue weighted by Gasteiger charge is 2.27. The van der Waals surface area contributed by atoms with Crippen molar-refractivity contribution in [1.82, 2.24) is 14.8 Å². The summed E-state index contributed by atoms with van der Waals surface area (Å²) in [7, 11) is 0. The highest BCUT2D eigenvalue weighted by atomic mass is 32.1. The summed E-state index contributed by atoms with van der Waals surface area (Å²) >= 11 is 0.924. The summed E-state index contributed by atoms with van der Waals surface area (Å²) < 4.78 is 4.92. The van der Waals surface area contributed by atoms with Crippen LogP contribution in [0, 0.1) is 6.92 Å². The lowest BCUT2D eigenvalue weighted by Crippen LogP contribution is -2.50. The molecule has 20 heavy (non-hydrogen) atoms. The van der Waals surface area contributed by atoms with Crippen molar-refractivity contribution in [2.45, 2.75) is 13.8 Å². The Bertz CT molecular complexity index is 557. The summed E-state index contributed by atoms with van der Waals surface area (Å²) in [6.45, 7) is 5.60. The first kappa shape index (κ1) is 14.6. The molecule has 0 spiro atoms. The van der Waals surface area contributed by atoms with Gasteiger partial charge in [-0.1, -0.05) is 11.3 Å². The number of carbonyl (C=O) groups excluding carboxylic acids is 2. The van der Waals surface area contributed by atoms with Crippen molar-refractivity contribution < 1.29 is 14.3 Å². The van der Waals surface area contributed by atoms with E-state index in [1.807, 2.05) is 0 Å². The number of H-pyrrole nitrogens is 1. The summed E-state index contributed by atoms with van der Waals surface area (Å²) in [6, 6.07) is 0. The number of aryl methyl sites for hydroxylation is 1. The Morgan fingerprint density at radius 1 is 1.25 bits per heavy atom. The molecule has 8 heteroatoms. The number of nitrogens with zero attached hydrogens (tertiary/aromatic N) is 2. The summed E-state index contributed by atoms with van der Waals surface area (Å²) in [6.07, 6.45) is -0.345. The molecule has 0 aliphatic carbocycles. The molecule has 1 aromatic heterocycles. The molecule has 1 aliphatic heterocycles. The molecule has 0 radical (unpaired) electrons. The van der Waals surface area contributed by atoms with Crippen LogP contribution < -0.4 is 4.87 Å². The van der Waals surface area contributed by atoms with Crippen molar-refractivity contribution in [3.8, 4) is 0 Å². The van der Waals surface area contributed by atoms with Crippen molar-refractivity contribution in [3.05, 3.63) is 20.2 Å². The zero-order valence-electron chi connectivity index (χ0n) is 11.5. The van der Waals surface area contributed by atoms with Gasteiger partial charge in [0.25, 0.3) is 5.91 Å². The van der Waals surface area contributed by atoms with Crippen LogP contribution >= 0.6 is 11.3 Å². The Morgan fingerprint density at radius 2 is 1.85 bits per heavy atom. The van der Waals surface area contributed by atoms with Crippen LogP contribution in [0.15, 0.2) is 4.79 Å². The molecule has 0 aromatic carbocycles. The second-order valence-electron chi connectivity index (χ2n) is 4.45. The first-order chi connectivity index (χ1) is 9.52. The van der Waals surface area contributed by atoms with Crippen LogP contribution in [0.3, 0.4) is 0 Å². The van der Waals surface area contributed by atoms with Gasteiger partial charge in [0.2, 0.25) is 0 Å². The number of carbonyl (C=O) groups is 2. The Balaban J connectivity index is 1.97. The summed E-state index contributed by atoms with van der Waals surface area (Å²) in [5, 5.41) is 0. The molecular formula is C12H17N3O4S. The van der Waals surface area contributed by atoms with E-state index in [-0.39, 0.29) is 16.9 Å². The molecule has 1 aromatic rings. The predicted octanol–water partition coefficient (Wildman–Crippen LogP) is 0.659. The molecule has 0 atom stereocenters. The lowest BCUT2D eigenvalue weighted by Gasteiger charge is -2.33. The molecular weight excluding hydrogens is 282 g/mol. The fourth-order valence-electron chi connectivity index (χ4n) is 2.06. The van der Waals surface area contributed by atoms with Gasteiger partial charge in [-0.3, -0.25) is 9.59 Å². The molecule has 1 N–H and O–H groups in total. The molecule has 2 heterocycles. The number of aromatic nitrogens is 1. The molecule has 1 aliphatic rings. The molecule has 7 nitrogen and oxygen atoms in total. The van der Waals surface area contributed by atoms with E-state index in [0.717, 1.165) is 11.3 Å². The van der Waals surface area contributed by atoms with E-state index >= 15 is 0 Å². The molecule has 2 amide bonds. The maximum absolute atomic E-state index is 12.3. The standard InChI is InChI=1S/C12H17N3O4S/c1-3-19-12(18)15-6-4-14(5-7-15)10(16)9-8(2)13-11(17)20-9/h3-7H2,1-2H3,(H,13,17). The van der Waals surface area contributed by atoms with E-state index in [4.69, 9.17) is 4.74 Å². The quantitative estimate of drug-likeness (QED) is 0.869. The van der Waals surface area contributed by atoms with Crippen molar-refractivity contribution in [1.29, 1.82) is 0 Å². The molecule has 2 rings (SSSR count). The van der Waals surface area contributed by atoms with Crippen LogP contribution in [0.25, 0.3) is 0 Å². The number of hydrogen-bond donors (Lipinski definition) is 1. The third-order valence-electron chi connectivity index (χ3n) is 3.11. The Kier molecular flexibility index (Phi) is 4.43. The fraction of sp³-hybridized carbons (Fsp3) is 0.583. The second kappa shape index (κ2) is 6.08. The van der Waals surface area contributed by atoms with Gasteiger partial charge in [0.05, 0.1) is 6.61 Å². The minimum atomic E-state index is -0.345.